The molecule has 2 N–H and O–H groups in total. The van der Waals surface area contributed by atoms with Crippen LogP contribution >= 0.6 is 11.6 Å². The van der Waals surface area contributed by atoms with E-state index < -0.39 is 23.2 Å². The molecule has 0 unspecified atom stereocenters. The average molecular weight is 411 g/mol. The van der Waals surface area contributed by atoms with Crippen LogP contribution in [0.25, 0.3) is 0 Å². The Morgan fingerprint density at radius 1 is 1.07 bits per heavy atom. The minimum absolute atomic E-state index is 0.0162. The quantitative estimate of drug-likeness (QED) is 0.689. The largest absolute Gasteiger partial charge is 0.372 e. The molecule has 7 heteroatoms. The summed E-state index contributed by atoms with van der Waals surface area (Å²) in [6.07, 6.45) is 0. The van der Waals surface area contributed by atoms with Crippen LogP contribution in [0, 0.1) is 5.82 Å². The number of carbonyl (C=O) groups excluding carboxylic acids is 2. The zero-order valence-electron chi connectivity index (χ0n) is 15.1. The number of nitrogens with one attached hydrogen (secondary N) is 1. The van der Waals surface area contributed by atoms with Crippen LogP contribution in [0.5, 0.6) is 0 Å². The van der Waals surface area contributed by atoms with Crippen LogP contribution in [0.2, 0.25) is 5.02 Å². The molecule has 4 rings (SSSR count). The molecule has 0 bridgehead atoms. The van der Waals surface area contributed by atoms with Gasteiger partial charge in [-0.05, 0) is 35.9 Å². The number of hydrogen-bond acceptors (Lipinski definition) is 3. The van der Waals surface area contributed by atoms with Crippen molar-refractivity contribution in [1.29, 1.82) is 0 Å². The van der Waals surface area contributed by atoms with Gasteiger partial charge >= 0.3 is 0 Å². The molecule has 0 fully saturated rings. The lowest BCUT2D eigenvalue weighted by molar-refractivity contribution is -0.133. The Morgan fingerprint density at radius 3 is 2.55 bits per heavy atom. The first-order chi connectivity index (χ1) is 13.9. The molecule has 2 amide bonds. The molecule has 0 aromatic heterocycles. The van der Waals surface area contributed by atoms with Crippen molar-refractivity contribution in [2.75, 3.05) is 16.8 Å². The first-order valence-corrected chi connectivity index (χ1v) is 9.23. The molecule has 29 heavy (non-hydrogen) atoms. The van der Waals surface area contributed by atoms with Crippen LogP contribution in [-0.2, 0) is 15.2 Å². The Hall–Kier alpha value is -3.22. The molecular weight excluding hydrogens is 395 g/mol. The van der Waals surface area contributed by atoms with Gasteiger partial charge in [-0.25, -0.2) is 4.39 Å². The lowest BCUT2D eigenvalue weighted by atomic mass is 9.87. The third kappa shape index (κ3) is 3.26. The third-order valence-corrected chi connectivity index (χ3v) is 5.07. The van der Waals surface area contributed by atoms with Gasteiger partial charge in [-0.1, -0.05) is 54.1 Å². The molecule has 1 heterocycles. The highest BCUT2D eigenvalue weighted by atomic mass is 35.5. The molecular formula is C22H16ClFN2O3. The molecule has 5 nitrogen and oxygen atoms in total. The molecule has 1 aliphatic rings. The second kappa shape index (κ2) is 7.31. The van der Waals surface area contributed by atoms with Gasteiger partial charge in [-0.15, -0.1) is 0 Å². The van der Waals surface area contributed by atoms with Gasteiger partial charge in [0.15, 0.2) is 5.60 Å². The van der Waals surface area contributed by atoms with Gasteiger partial charge in [0.25, 0.3) is 5.91 Å². The van der Waals surface area contributed by atoms with E-state index in [-0.39, 0.29) is 12.2 Å². The summed E-state index contributed by atoms with van der Waals surface area (Å²) >= 11 is 6.05. The smallest absolute Gasteiger partial charge is 0.268 e. The number of fused-ring (bicyclic) bond motifs is 1. The molecule has 3 aromatic rings. The molecule has 0 radical (unpaired) electrons. The minimum atomic E-state index is -1.97. The van der Waals surface area contributed by atoms with Gasteiger partial charge in [0.2, 0.25) is 5.91 Å². The molecule has 3 aromatic carbocycles. The summed E-state index contributed by atoms with van der Waals surface area (Å²) in [5.74, 6) is -1.84. The van der Waals surface area contributed by atoms with E-state index in [1.165, 1.54) is 29.2 Å². The first-order valence-electron chi connectivity index (χ1n) is 8.85. The second-order valence-electron chi connectivity index (χ2n) is 6.66. The number of rotatable bonds is 4. The van der Waals surface area contributed by atoms with Crippen molar-refractivity contribution in [2.45, 2.75) is 5.60 Å². The topological polar surface area (TPSA) is 69.6 Å². The van der Waals surface area contributed by atoms with Crippen molar-refractivity contribution >= 4 is 34.8 Å². The highest BCUT2D eigenvalue weighted by Crippen LogP contribution is 2.44. The Morgan fingerprint density at radius 2 is 1.79 bits per heavy atom. The number of carbonyl (C=O) groups is 2. The van der Waals surface area contributed by atoms with E-state index in [1.807, 2.05) is 0 Å². The number of benzene rings is 3. The molecule has 1 atom stereocenters. The SMILES string of the molecule is O=C(CN1C(=O)[C@@](O)(c2cccc(Cl)c2)c2ccccc21)Nc1ccccc1F. The van der Waals surface area contributed by atoms with Crippen LogP contribution in [0.4, 0.5) is 15.8 Å². The Balaban J connectivity index is 1.68. The first kappa shape index (κ1) is 19.1. The van der Waals surface area contributed by atoms with E-state index in [9.17, 15) is 19.1 Å². The van der Waals surface area contributed by atoms with E-state index in [1.54, 1.807) is 48.5 Å². The summed E-state index contributed by atoms with van der Waals surface area (Å²) in [6, 6.07) is 18.8. The zero-order valence-corrected chi connectivity index (χ0v) is 15.9. The van der Waals surface area contributed by atoms with Crippen molar-refractivity contribution in [1.82, 2.24) is 0 Å². The van der Waals surface area contributed by atoms with Crippen LogP contribution in [0.3, 0.4) is 0 Å². The van der Waals surface area contributed by atoms with Crippen molar-refractivity contribution in [3.05, 3.63) is 94.8 Å². The Labute approximate surface area is 171 Å². The summed E-state index contributed by atoms with van der Waals surface area (Å²) in [5, 5.41) is 14.2. The number of aliphatic hydroxyl groups is 1. The van der Waals surface area contributed by atoms with E-state index in [0.29, 0.717) is 21.8 Å². The molecule has 146 valence electrons. The number of nitrogens with zero attached hydrogens (tertiary/aromatic N) is 1. The lowest BCUT2D eigenvalue weighted by Gasteiger charge is -2.23. The monoisotopic (exact) mass is 410 g/mol. The normalized spacial score (nSPS) is 17.9. The standard InChI is InChI=1S/C22H16ClFN2O3/c23-15-7-5-6-14(12-15)22(29)16-8-1-4-11-19(16)26(21(22)28)13-20(27)25-18-10-3-2-9-17(18)24/h1-12,29H,13H2,(H,25,27)/t22-/m1/s1. The maximum Gasteiger partial charge on any atom is 0.268 e. The van der Waals surface area contributed by atoms with Gasteiger partial charge in [0.05, 0.1) is 11.4 Å². The zero-order chi connectivity index (χ0) is 20.6. The summed E-state index contributed by atoms with van der Waals surface area (Å²) in [4.78, 5) is 26.9. The second-order valence-corrected chi connectivity index (χ2v) is 7.09. The predicted molar refractivity (Wildman–Crippen MR) is 108 cm³/mol. The number of hydrogen-bond donors (Lipinski definition) is 2. The van der Waals surface area contributed by atoms with E-state index >= 15 is 0 Å². The van der Waals surface area contributed by atoms with Crippen molar-refractivity contribution in [3.63, 3.8) is 0 Å². The number of para-hydroxylation sites is 2. The van der Waals surface area contributed by atoms with E-state index in [2.05, 4.69) is 5.32 Å². The number of anilines is 2. The van der Waals surface area contributed by atoms with Gasteiger partial charge in [-0.3, -0.25) is 14.5 Å². The van der Waals surface area contributed by atoms with E-state index in [4.69, 9.17) is 11.6 Å². The van der Waals surface area contributed by atoms with Gasteiger partial charge < -0.3 is 10.4 Å². The fourth-order valence-corrected chi connectivity index (χ4v) is 3.67. The maximum absolute atomic E-state index is 13.8. The molecule has 0 aliphatic carbocycles. The van der Waals surface area contributed by atoms with Crippen molar-refractivity contribution in [2.24, 2.45) is 0 Å². The Bertz CT molecular complexity index is 1120. The average Bonchev–Trinajstić information content (AvgIpc) is 2.93. The fraction of sp³-hybridized carbons (Fsp3) is 0.0909. The third-order valence-electron chi connectivity index (χ3n) is 4.83. The predicted octanol–water partition coefficient (Wildman–Crippen LogP) is 3.70. The molecule has 0 saturated heterocycles. The summed E-state index contributed by atoms with van der Waals surface area (Å²) in [6.45, 7) is -0.382. The summed E-state index contributed by atoms with van der Waals surface area (Å²) in [5.41, 5.74) is -0.892. The number of amides is 2. The van der Waals surface area contributed by atoms with Crippen molar-refractivity contribution < 1.29 is 19.1 Å². The fourth-order valence-electron chi connectivity index (χ4n) is 3.48. The van der Waals surface area contributed by atoms with Gasteiger partial charge in [0, 0.05) is 10.6 Å². The van der Waals surface area contributed by atoms with Gasteiger partial charge in [0.1, 0.15) is 12.4 Å². The van der Waals surface area contributed by atoms with Gasteiger partial charge in [-0.2, -0.15) is 0 Å². The lowest BCUT2D eigenvalue weighted by Crippen LogP contribution is -2.44. The summed E-state index contributed by atoms with van der Waals surface area (Å²) < 4.78 is 13.8. The van der Waals surface area contributed by atoms with Crippen molar-refractivity contribution in [3.8, 4) is 0 Å². The van der Waals surface area contributed by atoms with Crippen LogP contribution in [0.15, 0.2) is 72.8 Å². The maximum atomic E-state index is 13.8. The number of halogens is 2. The molecule has 0 saturated carbocycles. The summed E-state index contributed by atoms with van der Waals surface area (Å²) in [7, 11) is 0. The highest BCUT2D eigenvalue weighted by Gasteiger charge is 2.51. The molecule has 0 spiro atoms. The minimum Gasteiger partial charge on any atom is -0.372 e. The molecule has 1 aliphatic heterocycles. The van der Waals surface area contributed by atoms with Crippen LogP contribution < -0.4 is 10.2 Å². The van der Waals surface area contributed by atoms with Crippen LogP contribution in [-0.4, -0.2) is 23.5 Å². The highest BCUT2D eigenvalue weighted by molar-refractivity contribution is 6.30. The van der Waals surface area contributed by atoms with E-state index in [0.717, 1.165) is 0 Å². The Kier molecular flexibility index (Phi) is 4.82. The van der Waals surface area contributed by atoms with Crippen LogP contribution in [0.1, 0.15) is 11.1 Å².